The third kappa shape index (κ3) is 5.71. The number of ether oxygens (including phenoxy) is 1. The van der Waals surface area contributed by atoms with Gasteiger partial charge in [0.15, 0.2) is 0 Å². The SMILES string of the molecule is CCOC(=O)C(=O)Nc1cccc(C(=O)NC2C(C)=CC(C(F)(C(F)(F)F)C(F)(F)F)=CC2(C)C)c1. The molecule has 0 saturated heterocycles. The Balaban J connectivity index is 2.31. The Morgan fingerprint density at radius 2 is 1.61 bits per heavy atom. The van der Waals surface area contributed by atoms with Crippen LogP contribution in [0.1, 0.15) is 38.1 Å². The van der Waals surface area contributed by atoms with Crippen molar-refractivity contribution in [3.8, 4) is 0 Å². The molecular formula is C23H23F7N2O4. The predicted octanol–water partition coefficient (Wildman–Crippen LogP) is 5.03. The van der Waals surface area contributed by atoms with Gasteiger partial charge < -0.3 is 15.4 Å². The first kappa shape index (κ1) is 28.9. The van der Waals surface area contributed by atoms with Crippen LogP contribution in [-0.2, 0) is 14.3 Å². The molecule has 198 valence electrons. The summed E-state index contributed by atoms with van der Waals surface area (Å²) in [7, 11) is 0. The molecule has 0 aromatic heterocycles. The Morgan fingerprint density at radius 1 is 1.03 bits per heavy atom. The van der Waals surface area contributed by atoms with Crippen molar-refractivity contribution in [3.05, 3.63) is 53.1 Å². The van der Waals surface area contributed by atoms with Gasteiger partial charge in [0, 0.05) is 22.2 Å². The largest absolute Gasteiger partial charge is 0.459 e. The molecule has 0 bridgehead atoms. The third-order valence-electron chi connectivity index (χ3n) is 5.41. The number of esters is 1. The molecule has 2 rings (SSSR count). The third-order valence-corrected chi connectivity index (χ3v) is 5.41. The second-order valence-corrected chi connectivity index (χ2v) is 8.63. The first-order valence-corrected chi connectivity index (χ1v) is 10.5. The number of benzene rings is 1. The number of alkyl halides is 7. The molecule has 1 atom stereocenters. The van der Waals surface area contributed by atoms with E-state index in [1.165, 1.54) is 52.0 Å². The van der Waals surface area contributed by atoms with Gasteiger partial charge in [-0.25, -0.2) is 9.18 Å². The Hall–Kier alpha value is -3.38. The molecule has 0 fully saturated rings. The van der Waals surface area contributed by atoms with Crippen molar-refractivity contribution in [2.75, 3.05) is 11.9 Å². The van der Waals surface area contributed by atoms with Crippen LogP contribution >= 0.6 is 0 Å². The summed E-state index contributed by atoms with van der Waals surface area (Å²) in [5, 5.41) is 4.74. The lowest BCUT2D eigenvalue weighted by atomic mass is 9.72. The number of hydrogen-bond acceptors (Lipinski definition) is 4. The lowest BCUT2D eigenvalue weighted by Gasteiger charge is -2.40. The van der Waals surface area contributed by atoms with Gasteiger partial charge in [-0.1, -0.05) is 32.1 Å². The summed E-state index contributed by atoms with van der Waals surface area (Å²) in [6, 6.07) is 4.16. The lowest BCUT2D eigenvalue weighted by Crippen LogP contribution is -2.56. The summed E-state index contributed by atoms with van der Waals surface area (Å²) in [6.45, 7) is 5.12. The second kappa shape index (κ2) is 9.94. The number of amides is 2. The highest BCUT2D eigenvalue weighted by Crippen LogP contribution is 2.53. The average Bonchev–Trinajstić information content (AvgIpc) is 2.73. The molecule has 1 aromatic carbocycles. The second-order valence-electron chi connectivity index (χ2n) is 8.63. The zero-order valence-electron chi connectivity index (χ0n) is 19.5. The molecule has 0 saturated carbocycles. The predicted molar refractivity (Wildman–Crippen MR) is 115 cm³/mol. The zero-order chi connectivity index (χ0) is 27.7. The quantitative estimate of drug-likeness (QED) is 0.322. The molecule has 1 aliphatic rings. The summed E-state index contributed by atoms with van der Waals surface area (Å²) in [5.74, 6) is -3.03. The molecule has 2 N–H and O–H groups in total. The Morgan fingerprint density at radius 3 is 2.11 bits per heavy atom. The molecule has 6 nitrogen and oxygen atoms in total. The van der Waals surface area contributed by atoms with Gasteiger partial charge in [0.1, 0.15) is 0 Å². The fourth-order valence-electron chi connectivity index (χ4n) is 3.76. The monoisotopic (exact) mass is 524 g/mol. The van der Waals surface area contributed by atoms with Crippen LogP contribution in [0.4, 0.5) is 36.4 Å². The normalized spacial score (nSPS) is 18.0. The molecule has 0 radical (unpaired) electrons. The van der Waals surface area contributed by atoms with Crippen LogP contribution in [0.15, 0.2) is 47.6 Å². The fraction of sp³-hybridized carbons (Fsp3) is 0.435. The molecular weight excluding hydrogens is 501 g/mol. The maximum atomic E-state index is 14.6. The van der Waals surface area contributed by atoms with Gasteiger partial charge in [-0.05, 0) is 37.6 Å². The van der Waals surface area contributed by atoms with Crippen molar-refractivity contribution in [3.63, 3.8) is 0 Å². The average molecular weight is 524 g/mol. The molecule has 0 aliphatic heterocycles. The molecule has 13 heteroatoms. The number of rotatable bonds is 5. The minimum absolute atomic E-state index is 0.0373. The maximum Gasteiger partial charge on any atom is 0.435 e. The first-order chi connectivity index (χ1) is 16.3. The van der Waals surface area contributed by atoms with Crippen LogP contribution in [0.2, 0.25) is 0 Å². The van der Waals surface area contributed by atoms with Crippen molar-refractivity contribution in [2.45, 2.75) is 51.8 Å². The summed E-state index contributed by atoms with van der Waals surface area (Å²) in [5.41, 5.74) is -8.92. The van der Waals surface area contributed by atoms with E-state index in [-0.39, 0.29) is 23.4 Å². The van der Waals surface area contributed by atoms with Crippen LogP contribution < -0.4 is 10.6 Å². The van der Waals surface area contributed by atoms with E-state index in [9.17, 15) is 45.1 Å². The minimum Gasteiger partial charge on any atom is -0.459 e. The van der Waals surface area contributed by atoms with E-state index in [1.54, 1.807) is 0 Å². The molecule has 1 unspecified atom stereocenters. The van der Waals surface area contributed by atoms with Crippen LogP contribution in [0, 0.1) is 5.41 Å². The van der Waals surface area contributed by atoms with Crippen molar-refractivity contribution >= 4 is 23.5 Å². The highest BCUT2D eigenvalue weighted by Gasteiger charge is 2.74. The van der Waals surface area contributed by atoms with E-state index >= 15 is 0 Å². The van der Waals surface area contributed by atoms with Gasteiger partial charge in [0.2, 0.25) is 0 Å². The van der Waals surface area contributed by atoms with Crippen molar-refractivity contribution in [1.29, 1.82) is 0 Å². The Kier molecular flexibility index (Phi) is 7.96. The lowest BCUT2D eigenvalue weighted by molar-refractivity contribution is -0.325. The summed E-state index contributed by atoms with van der Waals surface area (Å²) < 4.78 is 98.5. The number of nitrogens with one attached hydrogen (secondary N) is 2. The van der Waals surface area contributed by atoms with E-state index in [2.05, 4.69) is 15.4 Å². The van der Waals surface area contributed by atoms with Crippen LogP contribution in [0.25, 0.3) is 0 Å². The van der Waals surface area contributed by atoms with Crippen LogP contribution in [-0.4, -0.2) is 48.5 Å². The molecule has 36 heavy (non-hydrogen) atoms. The smallest absolute Gasteiger partial charge is 0.435 e. The molecule has 1 aliphatic carbocycles. The van der Waals surface area contributed by atoms with E-state index in [0.717, 1.165) is 0 Å². The Labute approximate surface area is 201 Å². The van der Waals surface area contributed by atoms with E-state index in [4.69, 9.17) is 0 Å². The van der Waals surface area contributed by atoms with Gasteiger partial charge in [-0.3, -0.25) is 9.59 Å². The Bertz CT molecular complexity index is 1090. The zero-order valence-corrected chi connectivity index (χ0v) is 19.5. The van der Waals surface area contributed by atoms with Gasteiger partial charge in [0.05, 0.1) is 12.6 Å². The van der Waals surface area contributed by atoms with Gasteiger partial charge in [-0.15, -0.1) is 0 Å². The molecule has 0 heterocycles. The van der Waals surface area contributed by atoms with E-state index in [0.29, 0.717) is 12.2 Å². The minimum atomic E-state index is -6.27. The highest BCUT2D eigenvalue weighted by molar-refractivity contribution is 6.37. The first-order valence-electron chi connectivity index (χ1n) is 10.5. The summed E-state index contributed by atoms with van der Waals surface area (Å²) in [4.78, 5) is 36.1. The van der Waals surface area contributed by atoms with Crippen LogP contribution in [0.5, 0.6) is 0 Å². The van der Waals surface area contributed by atoms with Crippen molar-refractivity contribution < 1.29 is 49.9 Å². The van der Waals surface area contributed by atoms with Gasteiger partial charge in [-0.2, -0.15) is 26.3 Å². The number of anilines is 1. The number of halogens is 7. The number of allylic oxidation sites excluding steroid dienone is 2. The van der Waals surface area contributed by atoms with Crippen molar-refractivity contribution in [1.82, 2.24) is 5.32 Å². The maximum absolute atomic E-state index is 14.6. The molecule has 1 aromatic rings. The van der Waals surface area contributed by atoms with Gasteiger partial charge in [0.25, 0.3) is 5.91 Å². The molecule has 0 spiro atoms. The van der Waals surface area contributed by atoms with Crippen LogP contribution in [0.3, 0.4) is 0 Å². The number of carbonyl (C=O) groups is 3. The topological polar surface area (TPSA) is 84.5 Å². The molecule has 2 amide bonds. The van der Waals surface area contributed by atoms with Crippen molar-refractivity contribution in [2.24, 2.45) is 5.41 Å². The standard InChI is InChI=1S/C23H23F7N2O4/c1-5-36-19(35)18(34)31-15-8-6-7-13(10-15)17(33)32-16-12(2)9-14(11-20(16,3)4)21(24,22(25,26)27)23(28,29)30/h6-11,16H,5H2,1-4H3,(H,31,34)(H,32,33). The van der Waals surface area contributed by atoms with E-state index in [1.807, 2.05) is 0 Å². The number of hydrogen-bond donors (Lipinski definition) is 2. The fourth-order valence-corrected chi connectivity index (χ4v) is 3.76. The highest BCUT2D eigenvalue weighted by atomic mass is 19.4. The van der Waals surface area contributed by atoms with Gasteiger partial charge >= 0.3 is 29.9 Å². The van der Waals surface area contributed by atoms with E-state index < -0.39 is 52.8 Å². The number of carbonyl (C=O) groups excluding carboxylic acids is 3. The summed E-state index contributed by atoms with van der Waals surface area (Å²) >= 11 is 0. The summed E-state index contributed by atoms with van der Waals surface area (Å²) in [6.07, 6.45) is -11.6.